The summed E-state index contributed by atoms with van der Waals surface area (Å²) >= 11 is 0. The quantitative estimate of drug-likeness (QED) is 0.838. The summed E-state index contributed by atoms with van der Waals surface area (Å²) in [7, 11) is 0. The van der Waals surface area contributed by atoms with Crippen molar-refractivity contribution in [2.75, 3.05) is 18.0 Å². The number of piperidine rings is 2. The van der Waals surface area contributed by atoms with Crippen LogP contribution >= 0.6 is 0 Å². The number of carbonyl (C=O) groups excluding carboxylic acids is 2. The number of anilines is 1. The highest BCUT2D eigenvalue weighted by molar-refractivity contribution is 5.99. The first-order valence-corrected chi connectivity index (χ1v) is 7.29. The number of benzene rings is 1. The zero-order valence-corrected chi connectivity index (χ0v) is 11.8. The lowest BCUT2D eigenvalue weighted by atomic mass is 9.84. The average molecular weight is 272 g/mol. The van der Waals surface area contributed by atoms with Crippen molar-refractivity contribution < 1.29 is 9.59 Å². The first-order chi connectivity index (χ1) is 9.65. The SMILES string of the molecule is CC(=O)c1ccccc1N1CCC2NC(=O)CCC2C1. The van der Waals surface area contributed by atoms with Gasteiger partial charge in [-0.15, -0.1) is 0 Å². The van der Waals surface area contributed by atoms with Gasteiger partial charge in [-0.2, -0.15) is 0 Å². The summed E-state index contributed by atoms with van der Waals surface area (Å²) in [6.07, 6.45) is 2.54. The lowest BCUT2D eigenvalue weighted by Crippen LogP contribution is -2.54. The second-order valence-electron chi connectivity index (χ2n) is 5.78. The molecule has 1 amide bonds. The third-order valence-electron chi connectivity index (χ3n) is 4.45. The molecule has 2 unspecified atom stereocenters. The molecule has 0 saturated carbocycles. The largest absolute Gasteiger partial charge is 0.371 e. The molecule has 0 spiro atoms. The Kier molecular flexibility index (Phi) is 3.47. The fourth-order valence-electron chi connectivity index (χ4n) is 3.38. The van der Waals surface area contributed by atoms with Gasteiger partial charge in [0.1, 0.15) is 0 Å². The molecule has 2 saturated heterocycles. The van der Waals surface area contributed by atoms with Gasteiger partial charge < -0.3 is 10.2 Å². The van der Waals surface area contributed by atoms with Crippen molar-refractivity contribution in [3.63, 3.8) is 0 Å². The van der Waals surface area contributed by atoms with Gasteiger partial charge in [0.05, 0.1) is 0 Å². The highest BCUT2D eigenvalue weighted by Crippen LogP contribution is 2.30. The van der Waals surface area contributed by atoms with Crippen LogP contribution in [-0.2, 0) is 4.79 Å². The van der Waals surface area contributed by atoms with Gasteiger partial charge in [-0.25, -0.2) is 0 Å². The minimum atomic E-state index is 0.111. The maximum atomic E-state index is 11.8. The van der Waals surface area contributed by atoms with Gasteiger partial charge in [0.15, 0.2) is 5.78 Å². The van der Waals surface area contributed by atoms with E-state index in [1.54, 1.807) is 6.92 Å². The van der Waals surface area contributed by atoms with Gasteiger partial charge in [0.2, 0.25) is 5.91 Å². The zero-order valence-electron chi connectivity index (χ0n) is 11.8. The van der Waals surface area contributed by atoms with Crippen molar-refractivity contribution in [1.82, 2.24) is 5.32 Å². The molecule has 3 rings (SSSR count). The van der Waals surface area contributed by atoms with Crippen LogP contribution in [0.5, 0.6) is 0 Å². The summed E-state index contributed by atoms with van der Waals surface area (Å²) < 4.78 is 0. The summed E-state index contributed by atoms with van der Waals surface area (Å²) in [4.78, 5) is 25.5. The lowest BCUT2D eigenvalue weighted by molar-refractivity contribution is -0.124. The van der Waals surface area contributed by atoms with Crippen molar-refractivity contribution in [3.8, 4) is 0 Å². The van der Waals surface area contributed by atoms with Crippen LogP contribution in [0.15, 0.2) is 24.3 Å². The fourth-order valence-corrected chi connectivity index (χ4v) is 3.38. The molecule has 1 N–H and O–H groups in total. The van der Waals surface area contributed by atoms with Crippen molar-refractivity contribution in [2.24, 2.45) is 5.92 Å². The molecule has 2 aliphatic heterocycles. The number of ketones is 1. The number of nitrogens with zero attached hydrogens (tertiary/aromatic N) is 1. The maximum Gasteiger partial charge on any atom is 0.220 e. The van der Waals surface area contributed by atoms with E-state index in [-0.39, 0.29) is 11.7 Å². The number of Topliss-reactive ketones (excluding diaryl/α,β-unsaturated/α-hetero) is 1. The Morgan fingerprint density at radius 1 is 1.30 bits per heavy atom. The minimum absolute atomic E-state index is 0.111. The van der Waals surface area contributed by atoms with Crippen LogP contribution < -0.4 is 10.2 Å². The van der Waals surface area contributed by atoms with E-state index < -0.39 is 0 Å². The Hall–Kier alpha value is -1.84. The minimum Gasteiger partial charge on any atom is -0.371 e. The van der Waals surface area contributed by atoms with E-state index in [2.05, 4.69) is 10.2 Å². The van der Waals surface area contributed by atoms with E-state index >= 15 is 0 Å². The standard InChI is InChI=1S/C16H20N2O2/c1-11(19)13-4-2-3-5-15(13)18-9-8-14-12(10-18)6-7-16(20)17-14/h2-5,12,14H,6-10H2,1H3,(H,17,20). The number of rotatable bonds is 2. The topological polar surface area (TPSA) is 49.4 Å². The third-order valence-corrected chi connectivity index (χ3v) is 4.45. The summed E-state index contributed by atoms with van der Waals surface area (Å²) in [5.74, 6) is 0.796. The van der Waals surface area contributed by atoms with Crippen LogP contribution in [0.25, 0.3) is 0 Å². The van der Waals surface area contributed by atoms with E-state index in [0.717, 1.165) is 37.2 Å². The monoisotopic (exact) mass is 272 g/mol. The van der Waals surface area contributed by atoms with Crippen molar-refractivity contribution in [2.45, 2.75) is 32.2 Å². The molecule has 2 atom stereocenters. The van der Waals surface area contributed by atoms with Gasteiger partial charge in [0, 0.05) is 36.8 Å². The Morgan fingerprint density at radius 3 is 2.90 bits per heavy atom. The molecule has 0 aliphatic carbocycles. The summed E-state index contributed by atoms with van der Waals surface area (Å²) in [5.41, 5.74) is 1.83. The second-order valence-corrected chi connectivity index (χ2v) is 5.78. The van der Waals surface area contributed by atoms with Gasteiger partial charge >= 0.3 is 0 Å². The van der Waals surface area contributed by atoms with E-state index in [9.17, 15) is 9.59 Å². The molecule has 4 heteroatoms. The Bertz CT molecular complexity index is 541. The van der Waals surface area contributed by atoms with E-state index in [1.165, 1.54) is 0 Å². The van der Waals surface area contributed by atoms with Gasteiger partial charge in [0.25, 0.3) is 0 Å². The molecule has 1 aromatic carbocycles. The number of hydrogen-bond donors (Lipinski definition) is 1. The number of carbonyl (C=O) groups is 2. The van der Waals surface area contributed by atoms with Crippen LogP contribution in [-0.4, -0.2) is 30.8 Å². The molecule has 2 heterocycles. The molecule has 1 aromatic rings. The molecule has 2 fully saturated rings. The average Bonchev–Trinajstić information content (AvgIpc) is 2.46. The first kappa shape index (κ1) is 13.2. The fraction of sp³-hybridized carbons (Fsp3) is 0.500. The number of fused-ring (bicyclic) bond motifs is 1. The Balaban J connectivity index is 1.80. The van der Waals surface area contributed by atoms with Crippen LogP contribution in [0.3, 0.4) is 0 Å². The van der Waals surface area contributed by atoms with E-state index in [1.807, 2.05) is 24.3 Å². The highest BCUT2D eigenvalue weighted by Gasteiger charge is 2.34. The predicted molar refractivity (Wildman–Crippen MR) is 77.9 cm³/mol. The second kappa shape index (κ2) is 5.27. The summed E-state index contributed by atoms with van der Waals surface area (Å²) in [6.45, 7) is 3.44. The first-order valence-electron chi connectivity index (χ1n) is 7.29. The Morgan fingerprint density at radius 2 is 2.10 bits per heavy atom. The lowest BCUT2D eigenvalue weighted by Gasteiger charge is -2.42. The maximum absolute atomic E-state index is 11.8. The molecule has 106 valence electrons. The normalized spacial score (nSPS) is 25.9. The van der Waals surface area contributed by atoms with Gasteiger partial charge in [-0.1, -0.05) is 12.1 Å². The molecular formula is C16H20N2O2. The van der Waals surface area contributed by atoms with Crippen molar-refractivity contribution in [3.05, 3.63) is 29.8 Å². The molecule has 2 aliphatic rings. The summed E-state index contributed by atoms with van der Waals surface area (Å²) in [5, 5.41) is 3.10. The van der Waals surface area contributed by atoms with Crippen LogP contribution in [0.4, 0.5) is 5.69 Å². The molecule has 0 bridgehead atoms. The Labute approximate surface area is 119 Å². The van der Waals surface area contributed by atoms with Crippen molar-refractivity contribution >= 4 is 17.4 Å². The number of hydrogen-bond acceptors (Lipinski definition) is 3. The molecular weight excluding hydrogens is 252 g/mol. The van der Waals surface area contributed by atoms with E-state index in [4.69, 9.17) is 0 Å². The molecule has 20 heavy (non-hydrogen) atoms. The molecule has 4 nitrogen and oxygen atoms in total. The number of nitrogens with one attached hydrogen (secondary N) is 1. The smallest absolute Gasteiger partial charge is 0.220 e. The van der Waals surface area contributed by atoms with Gasteiger partial charge in [-0.05, 0) is 37.8 Å². The number of para-hydroxylation sites is 1. The van der Waals surface area contributed by atoms with Gasteiger partial charge in [-0.3, -0.25) is 9.59 Å². The molecule has 0 aromatic heterocycles. The molecule has 0 radical (unpaired) electrons. The third kappa shape index (κ3) is 2.42. The van der Waals surface area contributed by atoms with Crippen LogP contribution in [0, 0.1) is 5.92 Å². The highest BCUT2D eigenvalue weighted by atomic mass is 16.1. The predicted octanol–water partition coefficient (Wildman–Crippen LogP) is 1.99. The van der Waals surface area contributed by atoms with Crippen molar-refractivity contribution in [1.29, 1.82) is 0 Å². The van der Waals surface area contributed by atoms with Crippen LogP contribution in [0.1, 0.15) is 36.5 Å². The zero-order chi connectivity index (χ0) is 14.1. The number of amides is 1. The van der Waals surface area contributed by atoms with E-state index in [0.29, 0.717) is 18.4 Å². The summed E-state index contributed by atoms with van der Waals surface area (Å²) in [6, 6.07) is 8.13. The van der Waals surface area contributed by atoms with Crippen LogP contribution in [0.2, 0.25) is 0 Å².